The number of hydrogen-bond acceptors (Lipinski definition) is 6. The molecule has 7 nitrogen and oxygen atoms in total. The number of rotatable bonds is 4. The molecular weight excluding hydrogens is 407 g/mol. The van der Waals surface area contributed by atoms with E-state index in [1.807, 2.05) is 24.3 Å². The zero-order valence-electron chi connectivity index (χ0n) is 17.3. The van der Waals surface area contributed by atoms with E-state index in [1.54, 1.807) is 36.8 Å². The summed E-state index contributed by atoms with van der Waals surface area (Å²) in [5.74, 6) is 0.688. The van der Waals surface area contributed by atoms with Crippen LogP contribution in [0, 0.1) is 5.82 Å². The summed E-state index contributed by atoms with van der Waals surface area (Å²) >= 11 is 0. The van der Waals surface area contributed by atoms with E-state index < -0.39 is 11.7 Å². The average molecular weight is 428 g/mol. The standard InChI is InChI=1S/C24H21FN6O/c25-20-8-3-4-9-21(20)29-23(32)19-16-28-22(18-7-2-1-6-17(18)19)30-12-14-31(15-13-30)24-26-10-5-11-27-24/h1-11,16H,12-15H2,(H,29,32). The van der Waals surface area contributed by atoms with Gasteiger partial charge in [-0.25, -0.2) is 19.3 Å². The molecule has 0 saturated carbocycles. The Labute approximate surface area is 184 Å². The SMILES string of the molecule is O=C(Nc1ccccc1F)c1cnc(N2CCN(c3ncccn3)CC2)c2ccccc12. The van der Waals surface area contributed by atoms with E-state index in [9.17, 15) is 9.18 Å². The van der Waals surface area contributed by atoms with E-state index in [4.69, 9.17) is 0 Å². The van der Waals surface area contributed by atoms with Crippen LogP contribution in [0.25, 0.3) is 10.8 Å². The van der Waals surface area contributed by atoms with Crippen LogP contribution >= 0.6 is 0 Å². The summed E-state index contributed by atoms with van der Waals surface area (Å²) in [6.45, 7) is 3.07. The van der Waals surface area contributed by atoms with Crippen LogP contribution in [0.5, 0.6) is 0 Å². The topological polar surface area (TPSA) is 74.2 Å². The van der Waals surface area contributed by atoms with Gasteiger partial charge in [0, 0.05) is 50.2 Å². The van der Waals surface area contributed by atoms with Gasteiger partial charge in [0.05, 0.1) is 11.3 Å². The molecule has 1 N–H and O–H groups in total. The van der Waals surface area contributed by atoms with E-state index in [2.05, 4.69) is 30.1 Å². The fourth-order valence-electron chi connectivity index (χ4n) is 3.94. The second kappa shape index (κ2) is 8.58. The van der Waals surface area contributed by atoms with Crippen LogP contribution in [0.4, 0.5) is 21.8 Å². The molecule has 0 atom stereocenters. The second-order valence-electron chi connectivity index (χ2n) is 7.50. The number of piperazine rings is 1. The molecule has 1 aliphatic rings. The van der Waals surface area contributed by atoms with Gasteiger partial charge in [-0.05, 0) is 23.6 Å². The number of aromatic nitrogens is 3. The molecule has 1 saturated heterocycles. The molecule has 0 spiro atoms. The quantitative estimate of drug-likeness (QED) is 0.534. The van der Waals surface area contributed by atoms with Crippen LogP contribution in [0.15, 0.2) is 73.2 Å². The summed E-state index contributed by atoms with van der Waals surface area (Å²) in [4.78, 5) is 30.6. The van der Waals surface area contributed by atoms with Crippen molar-refractivity contribution in [3.05, 3.63) is 84.6 Å². The first-order chi connectivity index (χ1) is 15.7. The molecule has 0 radical (unpaired) electrons. The predicted molar refractivity (Wildman–Crippen MR) is 123 cm³/mol. The minimum atomic E-state index is -0.477. The second-order valence-corrected chi connectivity index (χ2v) is 7.50. The third-order valence-electron chi connectivity index (χ3n) is 5.55. The number of pyridine rings is 1. The molecule has 3 heterocycles. The first kappa shape index (κ1) is 19.9. The van der Waals surface area contributed by atoms with Gasteiger partial charge in [-0.2, -0.15) is 0 Å². The van der Waals surface area contributed by atoms with Crippen LogP contribution in [-0.2, 0) is 0 Å². The smallest absolute Gasteiger partial charge is 0.257 e. The maximum atomic E-state index is 14.0. The Balaban J connectivity index is 1.40. The summed E-state index contributed by atoms with van der Waals surface area (Å²) in [7, 11) is 0. The van der Waals surface area contributed by atoms with Gasteiger partial charge in [-0.3, -0.25) is 4.79 Å². The highest BCUT2D eigenvalue weighted by atomic mass is 19.1. The van der Waals surface area contributed by atoms with Crippen molar-refractivity contribution in [2.45, 2.75) is 0 Å². The van der Waals surface area contributed by atoms with Gasteiger partial charge in [-0.1, -0.05) is 36.4 Å². The van der Waals surface area contributed by atoms with E-state index in [1.165, 1.54) is 12.1 Å². The third kappa shape index (κ3) is 3.82. The summed E-state index contributed by atoms with van der Waals surface area (Å²) in [6, 6.07) is 15.6. The summed E-state index contributed by atoms with van der Waals surface area (Å²) < 4.78 is 14.0. The van der Waals surface area contributed by atoms with Crippen molar-refractivity contribution >= 4 is 34.1 Å². The summed E-state index contributed by atoms with van der Waals surface area (Å²) in [5.41, 5.74) is 0.550. The number of nitrogens with one attached hydrogen (secondary N) is 1. The predicted octanol–water partition coefficient (Wildman–Crippen LogP) is 3.74. The Bertz CT molecular complexity index is 1260. The average Bonchev–Trinajstić information content (AvgIpc) is 2.85. The Morgan fingerprint density at radius 3 is 2.22 bits per heavy atom. The zero-order chi connectivity index (χ0) is 21.9. The summed E-state index contributed by atoms with van der Waals surface area (Å²) in [6.07, 6.45) is 5.06. The molecule has 1 amide bonds. The Morgan fingerprint density at radius 1 is 0.812 bits per heavy atom. The minimum Gasteiger partial charge on any atom is -0.353 e. The van der Waals surface area contributed by atoms with Crippen molar-refractivity contribution in [3.63, 3.8) is 0 Å². The molecule has 1 fully saturated rings. The number of amides is 1. The largest absolute Gasteiger partial charge is 0.353 e. The number of hydrogen-bond donors (Lipinski definition) is 1. The van der Waals surface area contributed by atoms with Gasteiger partial charge < -0.3 is 15.1 Å². The van der Waals surface area contributed by atoms with Gasteiger partial charge in [-0.15, -0.1) is 0 Å². The van der Waals surface area contributed by atoms with E-state index in [0.29, 0.717) is 5.56 Å². The Morgan fingerprint density at radius 2 is 1.47 bits per heavy atom. The third-order valence-corrected chi connectivity index (χ3v) is 5.55. The normalized spacial score (nSPS) is 13.9. The van der Waals surface area contributed by atoms with Crippen LogP contribution in [0.2, 0.25) is 0 Å². The van der Waals surface area contributed by atoms with Crippen LogP contribution in [0.1, 0.15) is 10.4 Å². The van der Waals surface area contributed by atoms with Crippen molar-refractivity contribution in [2.75, 3.05) is 41.3 Å². The molecule has 2 aromatic heterocycles. The van der Waals surface area contributed by atoms with Gasteiger partial charge >= 0.3 is 0 Å². The number of carbonyl (C=O) groups excluding carboxylic acids is 1. The van der Waals surface area contributed by atoms with Gasteiger partial charge in [0.2, 0.25) is 5.95 Å². The highest BCUT2D eigenvalue weighted by Crippen LogP contribution is 2.29. The lowest BCUT2D eigenvalue weighted by Gasteiger charge is -2.35. The molecule has 4 aromatic rings. The molecule has 0 aliphatic carbocycles. The highest BCUT2D eigenvalue weighted by Gasteiger charge is 2.23. The Kier molecular flexibility index (Phi) is 5.33. The van der Waals surface area contributed by atoms with Crippen LogP contribution in [0.3, 0.4) is 0 Å². The number of nitrogens with zero attached hydrogens (tertiary/aromatic N) is 5. The van der Waals surface area contributed by atoms with Crippen LogP contribution in [-0.4, -0.2) is 47.0 Å². The summed E-state index contributed by atoms with van der Waals surface area (Å²) in [5, 5.41) is 4.32. The molecule has 1 aliphatic heterocycles. The number of halogens is 1. The molecule has 5 rings (SSSR count). The van der Waals surface area contributed by atoms with E-state index >= 15 is 0 Å². The van der Waals surface area contributed by atoms with Crippen molar-refractivity contribution in [1.82, 2.24) is 15.0 Å². The maximum Gasteiger partial charge on any atom is 0.257 e. The molecular formula is C24H21FN6O. The fourth-order valence-corrected chi connectivity index (χ4v) is 3.94. The minimum absolute atomic E-state index is 0.143. The van der Waals surface area contributed by atoms with Gasteiger partial charge in [0.15, 0.2) is 0 Å². The molecule has 8 heteroatoms. The van der Waals surface area contributed by atoms with Gasteiger partial charge in [0.1, 0.15) is 11.6 Å². The van der Waals surface area contributed by atoms with Crippen molar-refractivity contribution < 1.29 is 9.18 Å². The first-order valence-corrected chi connectivity index (χ1v) is 10.4. The number of anilines is 3. The van der Waals surface area contributed by atoms with Crippen molar-refractivity contribution in [3.8, 4) is 0 Å². The molecule has 160 valence electrons. The number of fused-ring (bicyclic) bond motifs is 1. The number of carbonyl (C=O) groups is 1. The Hall–Kier alpha value is -4.07. The van der Waals surface area contributed by atoms with Crippen LogP contribution < -0.4 is 15.1 Å². The number of para-hydroxylation sites is 1. The molecule has 0 unspecified atom stereocenters. The lowest BCUT2D eigenvalue weighted by atomic mass is 10.1. The molecule has 2 aromatic carbocycles. The zero-order valence-corrected chi connectivity index (χ0v) is 17.3. The van der Waals surface area contributed by atoms with Crippen molar-refractivity contribution in [2.24, 2.45) is 0 Å². The lowest BCUT2D eigenvalue weighted by molar-refractivity contribution is 0.102. The van der Waals surface area contributed by atoms with E-state index in [0.717, 1.165) is 48.7 Å². The monoisotopic (exact) mass is 428 g/mol. The lowest BCUT2D eigenvalue weighted by Crippen LogP contribution is -2.47. The first-order valence-electron chi connectivity index (χ1n) is 10.4. The fraction of sp³-hybridized carbons (Fsp3) is 0.167. The molecule has 0 bridgehead atoms. The van der Waals surface area contributed by atoms with Crippen molar-refractivity contribution in [1.29, 1.82) is 0 Å². The van der Waals surface area contributed by atoms with E-state index in [-0.39, 0.29) is 5.69 Å². The van der Waals surface area contributed by atoms with Gasteiger partial charge in [0.25, 0.3) is 5.91 Å². The molecule has 32 heavy (non-hydrogen) atoms. The highest BCUT2D eigenvalue weighted by molar-refractivity contribution is 6.14. The maximum absolute atomic E-state index is 14.0. The number of benzene rings is 2.